The maximum atomic E-state index is 8.88. The van der Waals surface area contributed by atoms with Crippen LogP contribution in [0.2, 0.25) is 0 Å². The number of nitrogens with zero attached hydrogens (tertiary/aromatic N) is 1. The van der Waals surface area contributed by atoms with Gasteiger partial charge in [0.2, 0.25) is 0 Å². The van der Waals surface area contributed by atoms with Crippen LogP contribution >= 0.6 is 7.82 Å². The molecule has 5 nitrogen and oxygen atoms in total. The zero-order valence-corrected chi connectivity index (χ0v) is 21.7. The summed E-state index contributed by atoms with van der Waals surface area (Å²) in [5.74, 6) is 0. The summed E-state index contributed by atoms with van der Waals surface area (Å²) in [7, 11) is -4.64. The average molecular weight is 453 g/mol. The van der Waals surface area contributed by atoms with Crippen molar-refractivity contribution in [1.29, 1.82) is 0 Å². The van der Waals surface area contributed by atoms with Crippen molar-refractivity contribution in [2.75, 3.05) is 26.2 Å². The van der Waals surface area contributed by atoms with Crippen molar-refractivity contribution in [1.82, 2.24) is 0 Å². The average Bonchev–Trinajstić information content (AvgIpc) is 2.68. The molecule has 0 aromatic heterocycles. The largest absolute Gasteiger partial charge is 0.466 e. The third-order valence-electron chi connectivity index (χ3n) is 5.94. The Labute approximate surface area is 188 Å². The highest BCUT2D eigenvalue weighted by atomic mass is 31.2. The van der Waals surface area contributed by atoms with Crippen molar-refractivity contribution in [3.63, 3.8) is 0 Å². The molecule has 0 aromatic carbocycles. The van der Waals surface area contributed by atoms with Gasteiger partial charge >= 0.3 is 7.82 Å². The van der Waals surface area contributed by atoms with Crippen molar-refractivity contribution in [3.8, 4) is 0 Å². The number of quaternary nitrogens is 1. The van der Waals surface area contributed by atoms with E-state index in [4.69, 9.17) is 19.2 Å². The molecule has 0 radical (unpaired) electrons. The van der Waals surface area contributed by atoms with Crippen LogP contribution in [0.25, 0.3) is 0 Å². The summed E-state index contributed by atoms with van der Waals surface area (Å²) in [6.45, 7) is 15.2. The lowest BCUT2D eigenvalue weighted by Gasteiger charge is -2.39. The SMILES string of the molecule is CCCCCC[N+](CCCCCC)(CCCCCC)CCCCCC.O=P(O)(O)O. The molecule has 0 aliphatic rings. The Morgan fingerprint density at radius 3 is 0.833 bits per heavy atom. The Balaban J connectivity index is 0. The van der Waals surface area contributed by atoms with E-state index in [1.165, 1.54) is 133 Å². The molecule has 0 bridgehead atoms. The van der Waals surface area contributed by atoms with Crippen molar-refractivity contribution >= 4 is 7.82 Å². The van der Waals surface area contributed by atoms with E-state index in [2.05, 4.69) is 27.7 Å². The highest BCUT2D eigenvalue weighted by molar-refractivity contribution is 7.45. The van der Waals surface area contributed by atoms with E-state index < -0.39 is 7.82 Å². The summed E-state index contributed by atoms with van der Waals surface area (Å²) in [6, 6.07) is 0. The summed E-state index contributed by atoms with van der Waals surface area (Å²) in [5, 5.41) is 0. The lowest BCUT2D eigenvalue weighted by atomic mass is 10.1. The molecule has 0 atom stereocenters. The minimum Gasteiger partial charge on any atom is -0.324 e. The van der Waals surface area contributed by atoms with Crippen LogP contribution in [0.3, 0.4) is 0 Å². The van der Waals surface area contributed by atoms with Gasteiger partial charge in [-0.15, -0.1) is 0 Å². The van der Waals surface area contributed by atoms with Crippen LogP contribution in [0.4, 0.5) is 0 Å². The Bertz CT molecular complexity index is 326. The molecule has 3 N–H and O–H groups in total. The van der Waals surface area contributed by atoms with Crippen LogP contribution in [0.15, 0.2) is 0 Å². The van der Waals surface area contributed by atoms with Crippen LogP contribution < -0.4 is 0 Å². The van der Waals surface area contributed by atoms with Crippen LogP contribution in [-0.4, -0.2) is 45.3 Å². The van der Waals surface area contributed by atoms with Gasteiger partial charge in [0.05, 0.1) is 26.2 Å². The maximum Gasteiger partial charge on any atom is 0.466 e. The highest BCUT2D eigenvalue weighted by Gasteiger charge is 2.25. The Hall–Kier alpha value is 0.0700. The number of unbranched alkanes of at least 4 members (excludes halogenated alkanes) is 12. The zero-order chi connectivity index (χ0) is 23.1. The summed E-state index contributed by atoms with van der Waals surface area (Å²) in [4.78, 5) is 21.6. The smallest absolute Gasteiger partial charge is 0.324 e. The third kappa shape index (κ3) is 26.1. The number of phosphoric acid groups is 1. The van der Waals surface area contributed by atoms with Gasteiger partial charge in [-0.3, -0.25) is 0 Å². The van der Waals surface area contributed by atoms with Crippen LogP contribution in [0, 0.1) is 0 Å². The summed E-state index contributed by atoms with van der Waals surface area (Å²) in [6.07, 6.45) is 22.8. The molecular formula is C24H55NO4P+. The number of hydrogen-bond donors (Lipinski definition) is 3. The van der Waals surface area contributed by atoms with Crippen molar-refractivity contribution in [2.24, 2.45) is 0 Å². The summed E-state index contributed by atoms with van der Waals surface area (Å²) < 4.78 is 10.3. The maximum absolute atomic E-state index is 8.88. The second-order valence-electron chi connectivity index (χ2n) is 8.99. The molecule has 0 aliphatic carbocycles. The second-order valence-corrected chi connectivity index (χ2v) is 10.0. The fourth-order valence-corrected chi connectivity index (χ4v) is 4.17. The standard InChI is InChI=1S/C24H52N.H3O4P/c1-5-9-13-17-21-25(22-18-14-10-6-2,23-19-15-11-7-3)24-20-16-12-8-4;1-5(2,3)4/h5-24H2,1-4H3;(H3,1,2,3,4)/q+1;. The molecule has 0 heterocycles. The highest BCUT2D eigenvalue weighted by Crippen LogP contribution is 2.25. The molecular weight excluding hydrogens is 397 g/mol. The van der Waals surface area contributed by atoms with Crippen molar-refractivity contribution in [3.05, 3.63) is 0 Å². The monoisotopic (exact) mass is 452 g/mol. The fraction of sp³-hybridized carbons (Fsp3) is 1.00. The van der Waals surface area contributed by atoms with Crippen molar-refractivity contribution < 1.29 is 23.7 Å². The van der Waals surface area contributed by atoms with Crippen LogP contribution in [0.5, 0.6) is 0 Å². The van der Waals surface area contributed by atoms with E-state index in [-0.39, 0.29) is 0 Å². The Morgan fingerprint density at radius 2 is 0.667 bits per heavy atom. The summed E-state index contributed by atoms with van der Waals surface area (Å²) >= 11 is 0. The zero-order valence-electron chi connectivity index (χ0n) is 20.8. The predicted octanol–water partition coefficient (Wildman–Crippen LogP) is 7.20. The first-order chi connectivity index (χ1) is 14.2. The van der Waals surface area contributed by atoms with Gasteiger partial charge in [-0.05, 0) is 51.4 Å². The molecule has 0 amide bonds. The molecule has 0 saturated carbocycles. The Morgan fingerprint density at radius 1 is 0.467 bits per heavy atom. The van der Waals surface area contributed by atoms with Gasteiger partial charge in [0.1, 0.15) is 0 Å². The third-order valence-corrected chi connectivity index (χ3v) is 5.94. The molecule has 0 unspecified atom stereocenters. The van der Waals surface area contributed by atoms with Gasteiger partial charge in [-0.1, -0.05) is 79.1 Å². The van der Waals surface area contributed by atoms with Crippen LogP contribution in [0.1, 0.15) is 130 Å². The molecule has 0 rings (SSSR count). The first kappa shape index (κ1) is 32.3. The van der Waals surface area contributed by atoms with E-state index in [0.29, 0.717) is 0 Å². The minimum atomic E-state index is -4.64. The molecule has 0 aromatic rings. The van der Waals surface area contributed by atoms with Gasteiger partial charge in [-0.2, -0.15) is 0 Å². The fourth-order valence-electron chi connectivity index (χ4n) is 4.17. The molecule has 0 saturated heterocycles. The van der Waals surface area contributed by atoms with E-state index in [1.807, 2.05) is 0 Å². The van der Waals surface area contributed by atoms with E-state index >= 15 is 0 Å². The molecule has 0 spiro atoms. The molecule has 0 fully saturated rings. The van der Waals surface area contributed by atoms with E-state index in [9.17, 15) is 0 Å². The first-order valence-electron chi connectivity index (χ1n) is 12.9. The number of rotatable bonds is 20. The molecule has 0 aliphatic heterocycles. The quantitative estimate of drug-likeness (QED) is 0.104. The first-order valence-corrected chi connectivity index (χ1v) is 14.4. The second kappa shape index (κ2) is 22.3. The minimum absolute atomic E-state index is 1.36. The summed E-state index contributed by atoms with van der Waals surface area (Å²) in [5.41, 5.74) is 0. The number of hydrogen-bond acceptors (Lipinski definition) is 1. The van der Waals surface area contributed by atoms with Gasteiger partial charge in [0.15, 0.2) is 0 Å². The predicted molar refractivity (Wildman–Crippen MR) is 131 cm³/mol. The lowest BCUT2D eigenvalue weighted by Crippen LogP contribution is -2.50. The van der Waals surface area contributed by atoms with Gasteiger partial charge < -0.3 is 19.2 Å². The van der Waals surface area contributed by atoms with E-state index in [1.54, 1.807) is 0 Å². The Kier molecular flexibility index (Phi) is 23.9. The molecule has 184 valence electrons. The van der Waals surface area contributed by atoms with Gasteiger partial charge in [0, 0.05) is 0 Å². The van der Waals surface area contributed by atoms with E-state index in [0.717, 1.165) is 0 Å². The topological polar surface area (TPSA) is 77.8 Å². The normalized spacial score (nSPS) is 12.0. The molecule has 6 heteroatoms. The molecule has 30 heavy (non-hydrogen) atoms. The van der Waals surface area contributed by atoms with Gasteiger partial charge in [-0.25, -0.2) is 4.57 Å². The van der Waals surface area contributed by atoms with Crippen molar-refractivity contribution in [2.45, 2.75) is 130 Å². The van der Waals surface area contributed by atoms with Crippen LogP contribution in [-0.2, 0) is 4.57 Å². The van der Waals surface area contributed by atoms with Gasteiger partial charge in [0.25, 0.3) is 0 Å². The lowest BCUT2D eigenvalue weighted by molar-refractivity contribution is -0.929.